The summed E-state index contributed by atoms with van der Waals surface area (Å²) < 4.78 is 0. The van der Waals surface area contributed by atoms with Crippen LogP contribution < -0.4 is 5.32 Å². The van der Waals surface area contributed by atoms with Gasteiger partial charge in [0.1, 0.15) is 16.8 Å². The standard InChI is InChI=1S/C11H18ClN3/c1-5-7(3)13-11-8(4)10(12)14-9(6-2)15-11/h7H,5-6H2,1-4H3,(H,13,14,15). The van der Waals surface area contributed by atoms with Crippen LogP contribution in [0, 0.1) is 6.92 Å². The zero-order valence-corrected chi connectivity index (χ0v) is 10.5. The van der Waals surface area contributed by atoms with E-state index < -0.39 is 0 Å². The van der Waals surface area contributed by atoms with E-state index in [-0.39, 0.29) is 0 Å². The molecule has 0 aliphatic heterocycles. The van der Waals surface area contributed by atoms with Gasteiger partial charge in [0.15, 0.2) is 0 Å². The molecule has 0 saturated carbocycles. The Bertz CT molecular complexity index is 339. The van der Waals surface area contributed by atoms with Gasteiger partial charge in [0.25, 0.3) is 0 Å². The molecule has 1 heterocycles. The van der Waals surface area contributed by atoms with E-state index in [4.69, 9.17) is 11.6 Å². The van der Waals surface area contributed by atoms with Gasteiger partial charge in [-0.15, -0.1) is 0 Å². The van der Waals surface area contributed by atoms with E-state index in [0.29, 0.717) is 11.2 Å². The van der Waals surface area contributed by atoms with Crippen molar-refractivity contribution in [2.75, 3.05) is 5.32 Å². The number of anilines is 1. The normalized spacial score (nSPS) is 12.6. The van der Waals surface area contributed by atoms with Crippen molar-refractivity contribution >= 4 is 17.4 Å². The lowest BCUT2D eigenvalue weighted by molar-refractivity contribution is 0.753. The lowest BCUT2D eigenvalue weighted by Crippen LogP contribution is -2.16. The van der Waals surface area contributed by atoms with E-state index in [9.17, 15) is 0 Å². The van der Waals surface area contributed by atoms with Gasteiger partial charge < -0.3 is 5.32 Å². The Labute approximate surface area is 96.3 Å². The van der Waals surface area contributed by atoms with Crippen molar-refractivity contribution in [3.05, 3.63) is 16.5 Å². The molecule has 1 unspecified atom stereocenters. The second-order valence-corrected chi connectivity index (χ2v) is 4.07. The molecular formula is C11H18ClN3. The van der Waals surface area contributed by atoms with Crippen molar-refractivity contribution in [3.8, 4) is 0 Å². The summed E-state index contributed by atoms with van der Waals surface area (Å²) in [7, 11) is 0. The molecule has 0 saturated heterocycles. The molecule has 3 nitrogen and oxygen atoms in total. The highest BCUT2D eigenvalue weighted by Crippen LogP contribution is 2.20. The van der Waals surface area contributed by atoms with Crippen LogP contribution in [0.25, 0.3) is 0 Å². The number of hydrogen-bond acceptors (Lipinski definition) is 3. The number of hydrogen-bond donors (Lipinski definition) is 1. The predicted octanol–water partition coefficient (Wildman–Crippen LogP) is 3.21. The van der Waals surface area contributed by atoms with E-state index in [1.165, 1.54) is 0 Å². The van der Waals surface area contributed by atoms with Gasteiger partial charge in [-0.25, -0.2) is 9.97 Å². The summed E-state index contributed by atoms with van der Waals surface area (Å²) in [6.45, 7) is 8.22. The zero-order valence-electron chi connectivity index (χ0n) is 9.76. The second-order valence-electron chi connectivity index (χ2n) is 3.71. The highest BCUT2D eigenvalue weighted by Gasteiger charge is 2.09. The van der Waals surface area contributed by atoms with Gasteiger partial charge >= 0.3 is 0 Å². The van der Waals surface area contributed by atoms with Crippen LogP contribution in [0.15, 0.2) is 0 Å². The van der Waals surface area contributed by atoms with Crippen LogP contribution >= 0.6 is 11.6 Å². The molecule has 1 aromatic heterocycles. The quantitative estimate of drug-likeness (QED) is 0.803. The van der Waals surface area contributed by atoms with Gasteiger partial charge in [-0.1, -0.05) is 25.4 Å². The number of aryl methyl sites for hydroxylation is 1. The zero-order chi connectivity index (χ0) is 11.4. The summed E-state index contributed by atoms with van der Waals surface area (Å²) in [4.78, 5) is 8.63. The maximum Gasteiger partial charge on any atom is 0.137 e. The minimum Gasteiger partial charge on any atom is -0.367 e. The smallest absolute Gasteiger partial charge is 0.137 e. The Morgan fingerprint density at radius 1 is 1.33 bits per heavy atom. The van der Waals surface area contributed by atoms with Crippen LogP contribution in [0.4, 0.5) is 5.82 Å². The largest absolute Gasteiger partial charge is 0.367 e. The van der Waals surface area contributed by atoms with Gasteiger partial charge in [-0.2, -0.15) is 0 Å². The van der Waals surface area contributed by atoms with Crippen molar-refractivity contribution in [2.24, 2.45) is 0 Å². The first-order valence-electron chi connectivity index (χ1n) is 5.38. The molecule has 1 atom stereocenters. The van der Waals surface area contributed by atoms with E-state index in [0.717, 1.165) is 30.0 Å². The number of halogens is 1. The van der Waals surface area contributed by atoms with Crippen LogP contribution in [0.1, 0.15) is 38.6 Å². The van der Waals surface area contributed by atoms with Gasteiger partial charge in [0.2, 0.25) is 0 Å². The van der Waals surface area contributed by atoms with Crippen LogP contribution in [0.3, 0.4) is 0 Å². The lowest BCUT2D eigenvalue weighted by Gasteiger charge is -2.15. The van der Waals surface area contributed by atoms with Crippen molar-refractivity contribution in [2.45, 2.75) is 46.6 Å². The van der Waals surface area contributed by atoms with Gasteiger partial charge in [-0.05, 0) is 20.3 Å². The lowest BCUT2D eigenvalue weighted by atomic mass is 10.2. The SMILES string of the molecule is CCc1nc(Cl)c(C)c(NC(C)CC)n1. The molecule has 15 heavy (non-hydrogen) atoms. The summed E-state index contributed by atoms with van der Waals surface area (Å²) in [5.41, 5.74) is 0.925. The fraction of sp³-hybridized carbons (Fsp3) is 0.636. The van der Waals surface area contributed by atoms with Crippen molar-refractivity contribution in [3.63, 3.8) is 0 Å². The average Bonchev–Trinajstić information content (AvgIpc) is 2.24. The molecular weight excluding hydrogens is 210 g/mol. The molecule has 1 aromatic rings. The highest BCUT2D eigenvalue weighted by atomic mass is 35.5. The van der Waals surface area contributed by atoms with E-state index in [1.807, 2.05) is 13.8 Å². The first-order valence-corrected chi connectivity index (χ1v) is 5.75. The maximum atomic E-state index is 6.03. The molecule has 1 rings (SSSR count). The number of aromatic nitrogens is 2. The van der Waals surface area contributed by atoms with Crippen molar-refractivity contribution in [1.29, 1.82) is 0 Å². The predicted molar refractivity (Wildman–Crippen MR) is 64.5 cm³/mol. The third-order valence-corrected chi connectivity index (χ3v) is 2.81. The van der Waals surface area contributed by atoms with E-state index in [2.05, 4.69) is 29.1 Å². The molecule has 84 valence electrons. The summed E-state index contributed by atoms with van der Waals surface area (Å²) in [5.74, 6) is 1.65. The first kappa shape index (κ1) is 12.2. The topological polar surface area (TPSA) is 37.8 Å². The number of nitrogens with zero attached hydrogens (tertiary/aromatic N) is 2. The summed E-state index contributed by atoms with van der Waals surface area (Å²) in [6, 6.07) is 0.402. The fourth-order valence-corrected chi connectivity index (χ4v) is 1.35. The Kier molecular flexibility index (Phi) is 4.33. The third-order valence-electron chi connectivity index (χ3n) is 2.44. The highest BCUT2D eigenvalue weighted by molar-refractivity contribution is 6.30. The monoisotopic (exact) mass is 227 g/mol. The summed E-state index contributed by atoms with van der Waals surface area (Å²) in [6.07, 6.45) is 1.86. The maximum absolute atomic E-state index is 6.03. The van der Waals surface area contributed by atoms with Crippen LogP contribution in [0.2, 0.25) is 5.15 Å². The third kappa shape index (κ3) is 3.06. The fourth-order valence-electron chi connectivity index (χ4n) is 1.17. The van der Waals surface area contributed by atoms with Gasteiger partial charge in [0, 0.05) is 18.0 Å². The molecule has 4 heteroatoms. The van der Waals surface area contributed by atoms with Crippen molar-refractivity contribution < 1.29 is 0 Å². The molecule has 0 bridgehead atoms. The number of rotatable bonds is 4. The van der Waals surface area contributed by atoms with E-state index >= 15 is 0 Å². The van der Waals surface area contributed by atoms with Crippen LogP contribution in [-0.2, 0) is 6.42 Å². The molecule has 0 fully saturated rings. The van der Waals surface area contributed by atoms with Crippen LogP contribution in [0.5, 0.6) is 0 Å². The molecule has 0 aliphatic carbocycles. The minimum atomic E-state index is 0.402. The summed E-state index contributed by atoms with van der Waals surface area (Å²) in [5, 5.41) is 3.89. The number of nitrogens with one attached hydrogen (secondary N) is 1. The first-order chi connectivity index (χ1) is 7.08. The molecule has 1 N–H and O–H groups in total. The average molecular weight is 228 g/mol. The molecule has 0 aliphatic rings. The van der Waals surface area contributed by atoms with Gasteiger partial charge in [-0.3, -0.25) is 0 Å². The van der Waals surface area contributed by atoms with Crippen LogP contribution in [-0.4, -0.2) is 16.0 Å². The Hall–Kier alpha value is -0.830. The molecule has 0 aromatic carbocycles. The van der Waals surface area contributed by atoms with Crippen molar-refractivity contribution in [1.82, 2.24) is 9.97 Å². The Morgan fingerprint density at radius 3 is 2.53 bits per heavy atom. The molecule has 0 amide bonds. The molecule has 0 radical (unpaired) electrons. The van der Waals surface area contributed by atoms with E-state index in [1.54, 1.807) is 0 Å². The summed E-state index contributed by atoms with van der Waals surface area (Å²) >= 11 is 6.03. The second kappa shape index (κ2) is 5.31. The van der Waals surface area contributed by atoms with Gasteiger partial charge in [0.05, 0.1) is 0 Å². The molecule has 0 spiro atoms. The minimum absolute atomic E-state index is 0.402. The Morgan fingerprint density at radius 2 is 2.00 bits per heavy atom. The Balaban J connectivity index is 2.99.